The molecule has 0 fully saturated rings. The van der Waals surface area contributed by atoms with Crippen LogP contribution in [0.25, 0.3) is 0 Å². The van der Waals surface area contributed by atoms with Gasteiger partial charge in [0.05, 0.1) is 22.0 Å². The zero-order valence-electron chi connectivity index (χ0n) is 18.7. The molecule has 0 bridgehead atoms. The van der Waals surface area contributed by atoms with Crippen molar-refractivity contribution in [2.45, 2.75) is 39.4 Å². The van der Waals surface area contributed by atoms with Gasteiger partial charge in [0.1, 0.15) is 12.6 Å². The minimum atomic E-state index is -3.81. The molecular formula is C22H26Cl3N3O4S. The van der Waals surface area contributed by atoms with E-state index in [0.717, 1.165) is 10.6 Å². The number of carbonyl (C=O) groups excluding carboxylic acids is 2. The third-order valence-electron chi connectivity index (χ3n) is 4.73. The fourth-order valence-corrected chi connectivity index (χ4v) is 4.34. The lowest BCUT2D eigenvalue weighted by Crippen LogP contribution is -2.52. The van der Waals surface area contributed by atoms with E-state index in [9.17, 15) is 18.0 Å². The van der Waals surface area contributed by atoms with Crippen LogP contribution in [0.1, 0.15) is 26.3 Å². The average molecular weight is 535 g/mol. The number of hydrogen-bond acceptors (Lipinski definition) is 4. The first-order chi connectivity index (χ1) is 15.3. The largest absolute Gasteiger partial charge is 0.352 e. The number of sulfonamides is 1. The van der Waals surface area contributed by atoms with Gasteiger partial charge >= 0.3 is 0 Å². The summed E-state index contributed by atoms with van der Waals surface area (Å²) in [5.74, 6) is -0.927. The van der Waals surface area contributed by atoms with Crippen molar-refractivity contribution in [3.05, 3.63) is 63.1 Å². The van der Waals surface area contributed by atoms with E-state index < -0.39 is 28.5 Å². The number of rotatable bonds is 9. The standard InChI is InChI=1S/C22H26Cl3N3O4S/c1-14(2)26-22(30)15(3)27(12-16-5-10-19(24)20(25)11-16)21(29)13-28(33(4,31)32)18-8-6-17(23)7-9-18/h5-11,14-15H,12-13H2,1-4H3,(H,26,30). The van der Waals surface area contributed by atoms with Crippen LogP contribution in [0.5, 0.6) is 0 Å². The van der Waals surface area contributed by atoms with Crippen molar-refractivity contribution in [1.29, 1.82) is 0 Å². The van der Waals surface area contributed by atoms with E-state index in [-0.39, 0.29) is 24.2 Å². The summed E-state index contributed by atoms with van der Waals surface area (Å²) in [4.78, 5) is 27.4. The lowest BCUT2D eigenvalue weighted by atomic mass is 10.1. The van der Waals surface area contributed by atoms with Crippen molar-refractivity contribution in [1.82, 2.24) is 10.2 Å². The van der Waals surface area contributed by atoms with Crippen molar-refractivity contribution >= 4 is 62.3 Å². The maximum atomic E-state index is 13.4. The van der Waals surface area contributed by atoms with Gasteiger partial charge in [0.15, 0.2) is 0 Å². The molecule has 7 nitrogen and oxygen atoms in total. The molecule has 0 radical (unpaired) electrons. The number of halogens is 3. The maximum Gasteiger partial charge on any atom is 0.244 e. The van der Waals surface area contributed by atoms with Gasteiger partial charge in [-0.05, 0) is 62.7 Å². The van der Waals surface area contributed by atoms with Gasteiger partial charge in [-0.2, -0.15) is 0 Å². The Balaban J connectivity index is 2.40. The monoisotopic (exact) mass is 533 g/mol. The highest BCUT2D eigenvalue weighted by Crippen LogP contribution is 2.25. The zero-order chi connectivity index (χ0) is 24.9. The lowest BCUT2D eigenvalue weighted by molar-refractivity contribution is -0.139. The Kier molecular flexibility index (Phi) is 9.43. The molecule has 2 aromatic rings. The van der Waals surface area contributed by atoms with Crippen molar-refractivity contribution in [3.8, 4) is 0 Å². The van der Waals surface area contributed by atoms with Crippen LogP contribution in [-0.4, -0.2) is 50.0 Å². The molecule has 1 N–H and O–H groups in total. The average Bonchev–Trinajstić information content (AvgIpc) is 2.71. The number of hydrogen-bond donors (Lipinski definition) is 1. The third-order valence-corrected chi connectivity index (χ3v) is 6.86. The van der Waals surface area contributed by atoms with Gasteiger partial charge in [-0.1, -0.05) is 40.9 Å². The van der Waals surface area contributed by atoms with E-state index in [2.05, 4.69) is 5.32 Å². The zero-order valence-corrected chi connectivity index (χ0v) is 21.8. The summed E-state index contributed by atoms with van der Waals surface area (Å²) >= 11 is 18.0. The molecule has 2 aromatic carbocycles. The highest BCUT2D eigenvalue weighted by atomic mass is 35.5. The molecule has 2 amide bonds. The predicted molar refractivity (Wildman–Crippen MR) is 133 cm³/mol. The van der Waals surface area contributed by atoms with Gasteiger partial charge in [-0.25, -0.2) is 8.42 Å². The molecule has 0 aliphatic carbocycles. The number of benzene rings is 2. The maximum absolute atomic E-state index is 13.4. The van der Waals surface area contributed by atoms with Crippen LogP contribution in [-0.2, 0) is 26.2 Å². The van der Waals surface area contributed by atoms with E-state index >= 15 is 0 Å². The molecule has 0 aliphatic heterocycles. The minimum absolute atomic E-state index is 0.0284. The molecule has 0 heterocycles. The highest BCUT2D eigenvalue weighted by molar-refractivity contribution is 7.92. The summed E-state index contributed by atoms with van der Waals surface area (Å²) in [6.07, 6.45) is 1.01. The molecule has 0 spiro atoms. The second kappa shape index (κ2) is 11.4. The van der Waals surface area contributed by atoms with Gasteiger partial charge in [0, 0.05) is 17.6 Å². The Labute approximate surface area is 209 Å². The number of nitrogens with zero attached hydrogens (tertiary/aromatic N) is 2. The van der Waals surface area contributed by atoms with Gasteiger partial charge in [-0.15, -0.1) is 0 Å². The fraction of sp³-hybridized carbons (Fsp3) is 0.364. The molecule has 11 heteroatoms. The predicted octanol–water partition coefficient (Wildman–Crippen LogP) is 4.35. The topological polar surface area (TPSA) is 86.8 Å². The molecule has 1 atom stereocenters. The van der Waals surface area contributed by atoms with Crippen LogP contribution >= 0.6 is 34.8 Å². The molecule has 180 valence electrons. The van der Waals surface area contributed by atoms with E-state index in [4.69, 9.17) is 34.8 Å². The summed E-state index contributed by atoms with van der Waals surface area (Å²) in [6, 6.07) is 9.96. The summed E-state index contributed by atoms with van der Waals surface area (Å²) in [5, 5.41) is 3.87. The molecule has 33 heavy (non-hydrogen) atoms. The molecular weight excluding hydrogens is 509 g/mol. The van der Waals surface area contributed by atoms with Gasteiger partial charge in [0.2, 0.25) is 21.8 Å². The molecule has 0 saturated heterocycles. The summed E-state index contributed by atoms with van der Waals surface area (Å²) in [7, 11) is -3.81. The quantitative estimate of drug-likeness (QED) is 0.518. The number of nitrogens with one attached hydrogen (secondary N) is 1. The molecule has 1 unspecified atom stereocenters. The lowest BCUT2D eigenvalue weighted by Gasteiger charge is -2.32. The van der Waals surface area contributed by atoms with Crippen LogP contribution in [0, 0.1) is 0 Å². The minimum Gasteiger partial charge on any atom is -0.352 e. The van der Waals surface area contributed by atoms with Gasteiger partial charge in [0.25, 0.3) is 0 Å². The Morgan fingerprint density at radius 3 is 2.09 bits per heavy atom. The molecule has 2 rings (SSSR count). The Morgan fingerprint density at radius 1 is 0.970 bits per heavy atom. The highest BCUT2D eigenvalue weighted by Gasteiger charge is 2.30. The fourth-order valence-electron chi connectivity index (χ4n) is 3.04. The summed E-state index contributed by atoms with van der Waals surface area (Å²) < 4.78 is 25.9. The van der Waals surface area contributed by atoms with Crippen LogP contribution in [0.3, 0.4) is 0 Å². The summed E-state index contributed by atoms with van der Waals surface area (Å²) in [6.45, 7) is 4.73. The summed E-state index contributed by atoms with van der Waals surface area (Å²) in [5.41, 5.74) is 0.920. The van der Waals surface area contributed by atoms with E-state index in [1.807, 2.05) is 13.8 Å². The number of carbonyl (C=O) groups is 2. The number of anilines is 1. The van der Waals surface area contributed by atoms with Gasteiger partial charge in [-0.3, -0.25) is 13.9 Å². The number of amides is 2. The molecule has 0 aromatic heterocycles. The smallest absolute Gasteiger partial charge is 0.244 e. The third kappa shape index (κ3) is 7.78. The molecule has 0 saturated carbocycles. The Morgan fingerprint density at radius 2 is 1.58 bits per heavy atom. The van der Waals surface area contributed by atoms with Crippen LogP contribution in [0.2, 0.25) is 15.1 Å². The normalized spacial score (nSPS) is 12.4. The second-order valence-electron chi connectivity index (χ2n) is 7.86. The SMILES string of the molecule is CC(C)NC(=O)C(C)N(Cc1ccc(Cl)c(Cl)c1)C(=O)CN(c1ccc(Cl)cc1)S(C)(=O)=O. The second-order valence-corrected chi connectivity index (χ2v) is 11.0. The van der Waals surface area contributed by atoms with Crippen molar-refractivity contribution in [3.63, 3.8) is 0 Å². The first-order valence-electron chi connectivity index (χ1n) is 10.1. The van der Waals surface area contributed by atoms with Crippen LogP contribution in [0.4, 0.5) is 5.69 Å². The Hall–Kier alpha value is -2.00. The first-order valence-corrected chi connectivity index (χ1v) is 13.0. The molecule has 0 aliphatic rings. The van der Waals surface area contributed by atoms with Crippen molar-refractivity contribution < 1.29 is 18.0 Å². The van der Waals surface area contributed by atoms with Crippen molar-refractivity contribution in [2.75, 3.05) is 17.1 Å². The van der Waals surface area contributed by atoms with Gasteiger partial charge < -0.3 is 10.2 Å². The Bertz CT molecular complexity index is 1110. The van der Waals surface area contributed by atoms with E-state index in [1.165, 1.54) is 29.2 Å². The van der Waals surface area contributed by atoms with Crippen LogP contribution in [0.15, 0.2) is 42.5 Å². The first kappa shape index (κ1) is 27.2. The van der Waals surface area contributed by atoms with E-state index in [0.29, 0.717) is 20.6 Å². The van der Waals surface area contributed by atoms with Crippen molar-refractivity contribution in [2.24, 2.45) is 0 Å². The van der Waals surface area contributed by atoms with E-state index in [1.54, 1.807) is 25.1 Å². The van der Waals surface area contributed by atoms with Crippen LogP contribution < -0.4 is 9.62 Å².